The summed E-state index contributed by atoms with van der Waals surface area (Å²) in [5.41, 5.74) is 1.09. The van der Waals surface area contributed by atoms with Gasteiger partial charge in [0.1, 0.15) is 18.1 Å². The molecule has 1 aromatic heterocycles. The lowest BCUT2D eigenvalue weighted by Gasteiger charge is -2.36. The maximum absolute atomic E-state index is 14.6. The second kappa shape index (κ2) is 11.7. The molecule has 4 rings (SSSR count). The van der Waals surface area contributed by atoms with Gasteiger partial charge in [-0.25, -0.2) is 9.37 Å². The fourth-order valence-corrected chi connectivity index (χ4v) is 4.40. The molecule has 226 valence electrons. The van der Waals surface area contributed by atoms with Crippen LogP contribution < -0.4 is 25.3 Å². The zero-order valence-electron chi connectivity index (χ0n) is 23.1. The van der Waals surface area contributed by atoms with E-state index in [0.29, 0.717) is 0 Å². The van der Waals surface area contributed by atoms with Crippen LogP contribution in [-0.4, -0.2) is 60.3 Å². The number of rotatable bonds is 9. The van der Waals surface area contributed by atoms with E-state index in [-0.39, 0.29) is 59.3 Å². The van der Waals surface area contributed by atoms with Crippen LogP contribution in [0.15, 0.2) is 48.5 Å². The van der Waals surface area contributed by atoms with Gasteiger partial charge >= 0.3 is 6.18 Å². The van der Waals surface area contributed by atoms with Crippen LogP contribution >= 0.6 is 0 Å². The molecule has 0 saturated carbocycles. The fraction of sp³-hybridized carbons (Fsp3) is 0.379. The Morgan fingerprint density at radius 3 is 2.50 bits per heavy atom. The topological polar surface area (TPSA) is 136 Å². The average Bonchev–Trinajstić information content (AvgIpc) is 2.93. The largest absolute Gasteiger partial charge is 0.493 e. The van der Waals surface area contributed by atoms with Crippen LogP contribution in [0.25, 0.3) is 11.3 Å². The standard InChI is InChI=1S/C29H31F4N3O6/c1-16(37)14-42-21-9-6-18(12-22(21)40-3)26(38)35-15-28(39,29(31,32)33)23-13-20-25(41-11-10-27(20,2)34)24(36-23)17-4-7-19(30)8-5-17/h4-9,12-13,16,37,39H,10-11,14-15,34H2,1-3H3,(H,35,38)/t16-,27+,28?/m1/s1. The summed E-state index contributed by atoms with van der Waals surface area (Å²) in [5.74, 6) is -1.07. The van der Waals surface area contributed by atoms with E-state index in [0.717, 1.165) is 18.2 Å². The van der Waals surface area contributed by atoms with E-state index < -0.39 is 47.4 Å². The van der Waals surface area contributed by atoms with Gasteiger partial charge in [0, 0.05) is 28.7 Å². The Morgan fingerprint density at radius 1 is 1.19 bits per heavy atom. The van der Waals surface area contributed by atoms with Crippen LogP contribution in [0, 0.1) is 5.82 Å². The first kappa shape index (κ1) is 31.0. The highest BCUT2D eigenvalue weighted by Gasteiger charge is 2.57. The van der Waals surface area contributed by atoms with Gasteiger partial charge in [-0.15, -0.1) is 0 Å². The van der Waals surface area contributed by atoms with Gasteiger partial charge in [0.25, 0.3) is 5.91 Å². The molecule has 42 heavy (non-hydrogen) atoms. The number of carbonyl (C=O) groups excluding carboxylic acids is 1. The minimum Gasteiger partial charge on any atom is -0.493 e. The fourth-order valence-electron chi connectivity index (χ4n) is 4.40. The number of halogens is 4. The van der Waals surface area contributed by atoms with Crippen LogP contribution in [0.2, 0.25) is 0 Å². The third kappa shape index (κ3) is 6.27. The quantitative estimate of drug-likeness (QED) is 0.275. The number of methoxy groups -OCH3 is 1. The normalized spacial score (nSPS) is 18.7. The molecule has 2 heterocycles. The number of fused-ring (bicyclic) bond motifs is 1. The van der Waals surface area contributed by atoms with E-state index in [4.69, 9.17) is 19.9 Å². The van der Waals surface area contributed by atoms with Crippen molar-refractivity contribution in [2.75, 3.05) is 26.9 Å². The van der Waals surface area contributed by atoms with Gasteiger partial charge in [0.2, 0.25) is 5.60 Å². The molecule has 1 unspecified atom stereocenters. The number of pyridine rings is 1. The molecule has 1 amide bonds. The third-order valence-corrected chi connectivity index (χ3v) is 6.88. The van der Waals surface area contributed by atoms with Crippen molar-refractivity contribution in [3.63, 3.8) is 0 Å². The molecule has 13 heteroatoms. The maximum atomic E-state index is 14.6. The third-order valence-electron chi connectivity index (χ3n) is 6.88. The number of benzene rings is 2. The van der Waals surface area contributed by atoms with E-state index in [1.807, 2.05) is 0 Å². The maximum Gasteiger partial charge on any atom is 0.424 e. The molecule has 0 saturated heterocycles. The molecule has 3 atom stereocenters. The smallest absolute Gasteiger partial charge is 0.424 e. The van der Waals surface area contributed by atoms with Crippen molar-refractivity contribution in [2.45, 2.75) is 43.7 Å². The Hall–Kier alpha value is -3.94. The second-order valence-electron chi connectivity index (χ2n) is 10.3. The van der Waals surface area contributed by atoms with Gasteiger partial charge in [-0.3, -0.25) is 4.79 Å². The predicted molar refractivity (Wildman–Crippen MR) is 144 cm³/mol. The predicted octanol–water partition coefficient (Wildman–Crippen LogP) is 3.79. The molecular weight excluding hydrogens is 562 g/mol. The number of nitrogens with two attached hydrogens (primary N) is 1. The molecule has 5 N–H and O–H groups in total. The molecule has 3 aromatic rings. The highest BCUT2D eigenvalue weighted by molar-refractivity contribution is 5.95. The van der Waals surface area contributed by atoms with Crippen LogP contribution in [0.1, 0.15) is 41.9 Å². The molecule has 0 fully saturated rings. The zero-order chi connectivity index (χ0) is 30.9. The lowest BCUT2D eigenvalue weighted by atomic mass is 9.84. The zero-order valence-corrected chi connectivity index (χ0v) is 23.1. The number of aliphatic hydroxyl groups excluding tert-OH is 1. The Labute approximate surface area is 239 Å². The van der Waals surface area contributed by atoms with Gasteiger partial charge in [0.05, 0.1) is 32.1 Å². The minimum absolute atomic E-state index is 0.0545. The second-order valence-corrected chi connectivity index (χ2v) is 10.3. The van der Waals surface area contributed by atoms with Crippen molar-refractivity contribution in [1.82, 2.24) is 10.3 Å². The van der Waals surface area contributed by atoms with Crippen molar-refractivity contribution < 1.29 is 46.8 Å². The first-order chi connectivity index (χ1) is 19.7. The molecule has 1 aliphatic heterocycles. The summed E-state index contributed by atoms with van der Waals surface area (Å²) in [7, 11) is 1.31. The van der Waals surface area contributed by atoms with Gasteiger partial charge < -0.3 is 35.5 Å². The number of nitrogens with one attached hydrogen (secondary N) is 1. The van der Waals surface area contributed by atoms with Gasteiger partial charge in [-0.05, 0) is 62.4 Å². The Kier molecular flexibility index (Phi) is 8.67. The summed E-state index contributed by atoms with van der Waals surface area (Å²) in [6.45, 7) is 1.94. The first-order valence-electron chi connectivity index (χ1n) is 13.0. The van der Waals surface area contributed by atoms with Crippen LogP contribution in [0.3, 0.4) is 0 Å². The average molecular weight is 594 g/mol. The van der Waals surface area contributed by atoms with Crippen molar-refractivity contribution in [1.29, 1.82) is 0 Å². The number of hydrogen-bond donors (Lipinski definition) is 4. The van der Waals surface area contributed by atoms with E-state index in [2.05, 4.69) is 10.3 Å². The van der Waals surface area contributed by atoms with Crippen molar-refractivity contribution in [3.8, 4) is 28.5 Å². The molecule has 0 bridgehead atoms. The molecule has 9 nitrogen and oxygen atoms in total. The molecule has 0 spiro atoms. The highest BCUT2D eigenvalue weighted by atomic mass is 19.4. The van der Waals surface area contributed by atoms with Crippen LogP contribution in [0.5, 0.6) is 17.2 Å². The summed E-state index contributed by atoms with van der Waals surface area (Å²) >= 11 is 0. The number of aromatic nitrogens is 1. The number of amides is 1. The summed E-state index contributed by atoms with van der Waals surface area (Å²) in [5, 5.41) is 22.7. The van der Waals surface area contributed by atoms with Crippen molar-refractivity contribution in [2.24, 2.45) is 5.73 Å². The molecule has 0 aliphatic carbocycles. The van der Waals surface area contributed by atoms with Gasteiger partial charge in [-0.2, -0.15) is 13.2 Å². The summed E-state index contributed by atoms with van der Waals surface area (Å²) in [4.78, 5) is 17.1. The van der Waals surface area contributed by atoms with Crippen LogP contribution in [0.4, 0.5) is 17.6 Å². The summed E-state index contributed by atoms with van der Waals surface area (Å²) in [6.07, 6.45) is -5.80. The molecule has 1 aliphatic rings. The number of aliphatic hydroxyl groups is 2. The van der Waals surface area contributed by atoms with Gasteiger partial charge in [0.15, 0.2) is 17.2 Å². The lowest BCUT2D eigenvalue weighted by Crippen LogP contribution is -2.52. The van der Waals surface area contributed by atoms with E-state index in [9.17, 15) is 32.6 Å². The number of carbonyl (C=O) groups is 1. The van der Waals surface area contributed by atoms with Crippen molar-refractivity contribution in [3.05, 3.63) is 71.2 Å². The summed E-state index contributed by atoms with van der Waals surface area (Å²) < 4.78 is 73.7. The summed E-state index contributed by atoms with van der Waals surface area (Å²) in [6, 6.07) is 9.82. The SMILES string of the molecule is COc1cc(C(=O)NCC(O)(c2cc3c(c(-c4ccc(F)cc4)n2)OCC[C@]3(C)N)C(F)(F)F)ccc1OC[C@@H](C)O. The Bertz CT molecular complexity index is 1450. The molecule has 0 radical (unpaired) electrons. The van der Waals surface area contributed by atoms with Crippen molar-refractivity contribution >= 4 is 5.91 Å². The van der Waals surface area contributed by atoms with E-state index in [1.54, 1.807) is 6.92 Å². The monoisotopic (exact) mass is 593 g/mol. The first-order valence-corrected chi connectivity index (χ1v) is 13.0. The van der Waals surface area contributed by atoms with E-state index in [1.165, 1.54) is 44.4 Å². The number of ether oxygens (including phenoxy) is 3. The molecule has 2 aromatic carbocycles. The minimum atomic E-state index is -5.29. The number of nitrogens with zero attached hydrogens (tertiary/aromatic N) is 1. The molecular formula is C29H31F4N3O6. The number of alkyl halides is 3. The Balaban J connectivity index is 1.72. The Morgan fingerprint density at radius 2 is 1.88 bits per heavy atom. The lowest BCUT2D eigenvalue weighted by molar-refractivity contribution is -0.265. The van der Waals surface area contributed by atoms with E-state index >= 15 is 0 Å². The number of hydrogen-bond acceptors (Lipinski definition) is 8. The van der Waals surface area contributed by atoms with Crippen LogP contribution in [-0.2, 0) is 11.1 Å². The van der Waals surface area contributed by atoms with Gasteiger partial charge in [-0.1, -0.05) is 0 Å². The highest BCUT2D eigenvalue weighted by Crippen LogP contribution is 2.45.